The van der Waals surface area contributed by atoms with Gasteiger partial charge in [0.1, 0.15) is 0 Å². The van der Waals surface area contributed by atoms with Crippen LogP contribution in [0.1, 0.15) is 41.6 Å². The molecule has 0 bridgehead atoms. The smallest absolute Gasteiger partial charge is 0.253 e. The topological polar surface area (TPSA) is 64.2 Å². The third-order valence-corrected chi connectivity index (χ3v) is 10.8. The Hall–Kier alpha value is -1.68. The Balaban J connectivity index is 1.20. The van der Waals surface area contributed by atoms with Crippen LogP contribution < -0.4 is 0 Å². The van der Waals surface area contributed by atoms with E-state index in [1.807, 2.05) is 47.4 Å². The monoisotopic (exact) mass is 592 g/mol. The van der Waals surface area contributed by atoms with Crippen molar-refractivity contribution in [3.63, 3.8) is 0 Å². The minimum absolute atomic E-state index is 0.0845. The zero-order chi connectivity index (χ0) is 27.6. The van der Waals surface area contributed by atoms with Crippen LogP contribution in [0.25, 0.3) is 0 Å². The third-order valence-electron chi connectivity index (χ3n) is 8.74. The number of halogens is 2. The Bertz CT molecular complexity index is 1260. The van der Waals surface area contributed by atoms with E-state index in [-0.39, 0.29) is 11.3 Å². The summed E-state index contributed by atoms with van der Waals surface area (Å²) in [5.74, 6) is 0.0845. The number of hydrogen-bond donors (Lipinski definition) is 0. The summed E-state index contributed by atoms with van der Waals surface area (Å²) in [6, 6.07) is 16.0. The normalized spacial score (nSPS) is 24.0. The Morgan fingerprint density at radius 2 is 1.69 bits per heavy atom. The molecule has 3 saturated heterocycles. The molecular weight excluding hydrogens is 555 g/mol. The van der Waals surface area contributed by atoms with Crippen LogP contribution in [0.15, 0.2) is 48.5 Å². The molecule has 212 valence electrons. The fourth-order valence-electron chi connectivity index (χ4n) is 6.48. The van der Waals surface area contributed by atoms with Gasteiger partial charge in [-0.05, 0) is 62.1 Å². The molecule has 0 spiro atoms. The van der Waals surface area contributed by atoms with E-state index < -0.39 is 10.0 Å². The predicted octanol–water partition coefficient (Wildman–Crippen LogP) is 4.21. The maximum Gasteiger partial charge on any atom is 0.253 e. The first kappa shape index (κ1) is 28.8. The highest BCUT2D eigenvalue weighted by Gasteiger charge is 2.40. The highest BCUT2D eigenvalue weighted by atomic mass is 35.5. The van der Waals surface area contributed by atoms with Crippen molar-refractivity contribution in [2.75, 3.05) is 65.2 Å². The van der Waals surface area contributed by atoms with Gasteiger partial charge in [0.05, 0.1) is 16.3 Å². The minimum Gasteiger partial charge on any atom is -0.338 e. The van der Waals surface area contributed by atoms with Crippen molar-refractivity contribution < 1.29 is 13.2 Å². The number of carbonyl (C=O) groups is 1. The van der Waals surface area contributed by atoms with Crippen LogP contribution in [0, 0.1) is 0 Å². The summed E-state index contributed by atoms with van der Waals surface area (Å²) in [5, 5.41) is 1.11. The lowest BCUT2D eigenvalue weighted by atomic mass is 9.70. The van der Waals surface area contributed by atoms with E-state index in [4.69, 9.17) is 23.2 Å². The van der Waals surface area contributed by atoms with Crippen LogP contribution in [0.3, 0.4) is 0 Å². The van der Waals surface area contributed by atoms with Gasteiger partial charge in [0.25, 0.3) is 5.91 Å². The van der Waals surface area contributed by atoms with E-state index in [2.05, 4.69) is 15.9 Å². The van der Waals surface area contributed by atoms with Gasteiger partial charge in [-0.2, -0.15) is 4.31 Å². The molecule has 0 saturated carbocycles. The molecule has 3 heterocycles. The SMILES string of the molecule is CS(=O)(=O)N1CCN(C2CN(CCC[C@]3(c4ccc(Cl)c(Cl)c4)CCCN(C(=O)c4ccccc4)C3)C2)CC1. The van der Waals surface area contributed by atoms with Crippen molar-refractivity contribution >= 4 is 39.1 Å². The fourth-order valence-corrected chi connectivity index (χ4v) is 7.60. The molecule has 2 aromatic carbocycles. The lowest BCUT2D eigenvalue weighted by Gasteiger charge is -2.48. The molecule has 0 unspecified atom stereocenters. The molecule has 3 aliphatic rings. The van der Waals surface area contributed by atoms with Gasteiger partial charge in [0.15, 0.2) is 0 Å². The van der Waals surface area contributed by atoms with Gasteiger partial charge in [0, 0.05) is 69.4 Å². The van der Waals surface area contributed by atoms with Crippen LogP contribution in [0.2, 0.25) is 10.0 Å². The summed E-state index contributed by atoms with van der Waals surface area (Å²) in [4.78, 5) is 20.3. The molecular formula is C29H38Cl2N4O3S. The van der Waals surface area contributed by atoms with E-state index >= 15 is 0 Å². The largest absolute Gasteiger partial charge is 0.338 e. The zero-order valence-electron chi connectivity index (χ0n) is 22.6. The fraction of sp³-hybridized carbons (Fsp3) is 0.552. The van der Waals surface area contributed by atoms with E-state index in [9.17, 15) is 13.2 Å². The molecule has 3 fully saturated rings. The maximum absolute atomic E-state index is 13.4. The Labute approximate surface area is 242 Å². The van der Waals surface area contributed by atoms with Crippen LogP contribution >= 0.6 is 23.2 Å². The average molecular weight is 594 g/mol. The summed E-state index contributed by atoms with van der Waals surface area (Å²) in [6.45, 7) is 7.27. The molecule has 10 heteroatoms. The molecule has 3 aliphatic heterocycles. The van der Waals surface area contributed by atoms with E-state index in [0.29, 0.717) is 35.7 Å². The maximum atomic E-state index is 13.4. The lowest BCUT2D eigenvalue weighted by molar-refractivity contribution is 0.0147. The predicted molar refractivity (Wildman–Crippen MR) is 157 cm³/mol. The number of likely N-dealkylation sites (tertiary alicyclic amines) is 2. The molecule has 0 radical (unpaired) electrons. The first-order chi connectivity index (χ1) is 18.6. The van der Waals surface area contributed by atoms with Gasteiger partial charge < -0.3 is 9.80 Å². The second kappa shape index (κ2) is 12.0. The van der Waals surface area contributed by atoms with E-state index in [1.165, 1.54) is 6.26 Å². The van der Waals surface area contributed by atoms with Crippen molar-refractivity contribution in [2.45, 2.75) is 37.1 Å². The Kier molecular flexibility index (Phi) is 8.91. The molecule has 0 aromatic heterocycles. The molecule has 39 heavy (non-hydrogen) atoms. The van der Waals surface area contributed by atoms with Crippen molar-refractivity contribution in [3.05, 3.63) is 69.7 Å². The number of hydrogen-bond acceptors (Lipinski definition) is 5. The Morgan fingerprint density at radius 1 is 0.974 bits per heavy atom. The van der Waals surface area contributed by atoms with Crippen LogP contribution in [0.4, 0.5) is 0 Å². The summed E-state index contributed by atoms with van der Waals surface area (Å²) >= 11 is 12.7. The number of amides is 1. The molecule has 1 amide bonds. The van der Waals surface area contributed by atoms with Crippen molar-refractivity contribution in [1.29, 1.82) is 0 Å². The molecule has 0 aliphatic carbocycles. The zero-order valence-corrected chi connectivity index (χ0v) is 24.9. The van der Waals surface area contributed by atoms with Gasteiger partial charge in [0.2, 0.25) is 10.0 Å². The quantitative estimate of drug-likeness (QED) is 0.459. The van der Waals surface area contributed by atoms with Gasteiger partial charge in [-0.1, -0.05) is 47.5 Å². The van der Waals surface area contributed by atoms with Crippen LogP contribution in [0.5, 0.6) is 0 Å². The van der Waals surface area contributed by atoms with E-state index in [0.717, 1.165) is 76.1 Å². The number of nitrogens with zero attached hydrogens (tertiary/aromatic N) is 4. The van der Waals surface area contributed by atoms with Crippen LogP contribution in [-0.4, -0.2) is 105 Å². The number of carbonyl (C=O) groups excluding carboxylic acids is 1. The second-order valence-electron chi connectivity index (χ2n) is 11.3. The highest BCUT2D eigenvalue weighted by Crippen LogP contribution is 2.41. The number of sulfonamides is 1. The molecule has 7 nitrogen and oxygen atoms in total. The summed E-state index contributed by atoms with van der Waals surface area (Å²) < 4.78 is 25.2. The molecule has 5 rings (SSSR count). The average Bonchev–Trinajstić information content (AvgIpc) is 2.91. The number of piperazine rings is 1. The van der Waals surface area contributed by atoms with E-state index in [1.54, 1.807) is 4.31 Å². The van der Waals surface area contributed by atoms with Crippen LogP contribution in [-0.2, 0) is 15.4 Å². The highest BCUT2D eigenvalue weighted by molar-refractivity contribution is 7.88. The minimum atomic E-state index is -3.10. The van der Waals surface area contributed by atoms with Crippen molar-refractivity contribution in [3.8, 4) is 0 Å². The van der Waals surface area contributed by atoms with Gasteiger partial charge in [-0.25, -0.2) is 8.42 Å². The second-order valence-corrected chi connectivity index (χ2v) is 14.1. The van der Waals surface area contributed by atoms with Crippen molar-refractivity contribution in [2.24, 2.45) is 0 Å². The third kappa shape index (κ3) is 6.63. The first-order valence-electron chi connectivity index (χ1n) is 13.9. The van der Waals surface area contributed by atoms with Crippen molar-refractivity contribution in [1.82, 2.24) is 19.0 Å². The molecule has 0 N–H and O–H groups in total. The van der Waals surface area contributed by atoms with Gasteiger partial charge in [-0.3, -0.25) is 9.69 Å². The molecule has 2 aromatic rings. The number of rotatable bonds is 8. The number of benzene rings is 2. The lowest BCUT2D eigenvalue weighted by Crippen LogP contribution is -2.63. The Morgan fingerprint density at radius 3 is 2.36 bits per heavy atom. The summed E-state index contributed by atoms with van der Waals surface area (Å²) in [5.41, 5.74) is 1.72. The van der Waals surface area contributed by atoms with Gasteiger partial charge in [-0.15, -0.1) is 0 Å². The summed E-state index contributed by atoms with van der Waals surface area (Å²) in [6.07, 6.45) is 5.25. The molecule has 1 atom stereocenters. The summed E-state index contributed by atoms with van der Waals surface area (Å²) in [7, 11) is -3.10. The number of piperidine rings is 1. The van der Waals surface area contributed by atoms with Gasteiger partial charge >= 0.3 is 0 Å². The standard InChI is InChI=1S/C29H38Cl2N4O3S/c1-39(37,38)35-17-15-33(16-18-35)25-20-32(21-25)13-5-11-29(24-9-10-26(30)27(31)19-24)12-6-14-34(22-29)28(36)23-7-3-2-4-8-23/h2-4,7-10,19,25H,5-6,11-18,20-22H2,1H3/t29-/m0/s1. The first-order valence-corrected chi connectivity index (χ1v) is 16.5.